The molecule has 128 valence electrons. The smallest absolute Gasteiger partial charge is 0.238 e. The zero-order valence-corrected chi connectivity index (χ0v) is 14.7. The van der Waals surface area contributed by atoms with Crippen LogP contribution < -0.4 is 10.1 Å². The van der Waals surface area contributed by atoms with Gasteiger partial charge in [-0.25, -0.2) is 4.39 Å². The van der Waals surface area contributed by atoms with Crippen LogP contribution in [0, 0.1) is 12.7 Å². The van der Waals surface area contributed by atoms with E-state index >= 15 is 0 Å². The molecule has 4 nitrogen and oxygen atoms in total. The summed E-state index contributed by atoms with van der Waals surface area (Å²) in [5, 5.41) is 3.44. The number of likely N-dealkylation sites (N-methyl/N-ethyl adjacent to an activating group) is 1. The topological polar surface area (TPSA) is 41.6 Å². The van der Waals surface area contributed by atoms with Crippen molar-refractivity contribution in [2.45, 2.75) is 13.5 Å². The standard InChI is InChI=1S/C18H20ClFN2O2/c1-12-14(19)5-4-6-16(12)21-18(23)11-22(2)10-13-7-8-17(24-3)15(20)9-13/h4-9H,10-11H2,1-3H3,(H,21,23). The maximum atomic E-state index is 13.7. The van der Waals surface area contributed by atoms with E-state index in [-0.39, 0.29) is 18.2 Å². The Labute approximate surface area is 146 Å². The molecule has 0 spiro atoms. The van der Waals surface area contributed by atoms with Crippen molar-refractivity contribution in [2.75, 3.05) is 26.0 Å². The number of benzene rings is 2. The van der Waals surface area contributed by atoms with Gasteiger partial charge in [0.15, 0.2) is 11.6 Å². The van der Waals surface area contributed by atoms with Gasteiger partial charge < -0.3 is 10.1 Å². The van der Waals surface area contributed by atoms with Crippen LogP contribution in [0.25, 0.3) is 0 Å². The fourth-order valence-electron chi connectivity index (χ4n) is 2.35. The number of carbonyl (C=O) groups excluding carboxylic acids is 1. The molecule has 0 aliphatic heterocycles. The van der Waals surface area contributed by atoms with Crippen LogP contribution in [-0.2, 0) is 11.3 Å². The van der Waals surface area contributed by atoms with Crippen molar-refractivity contribution < 1.29 is 13.9 Å². The van der Waals surface area contributed by atoms with Crippen LogP contribution in [0.1, 0.15) is 11.1 Å². The maximum absolute atomic E-state index is 13.7. The SMILES string of the molecule is COc1ccc(CN(C)CC(=O)Nc2cccc(Cl)c2C)cc1F. The van der Waals surface area contributed by atoms with Crippen LogP contribution in [0.4, 0.5) is 10.1 Å². The van der Waals surface area contributed by atoms with Gasteiger partial charge in [-0.1, -0.05) is 23.7 Å². The first-order chi connectivity index (χ1) is 11.4. The molecule has 0 atom stereocenters. The lowest BCUT2D eigenvalue weighted by Gasteiger charge is -2.17. The lowest BCUT2D eigenvalue weighted by Crippen LogP contribution is -2.30. The largest absolute Gasteiger partial charge is 0.494 e. The molecule has 6 heteroatoms. The van der Waals surface area contributed by atoms with E-state index in [9.17, 15) is 9.18 Å². The number of ether oxygens (including phenoxy) is 1. The predicted molar refractivity (Wildman–Crippen MR) is 94.1 cm³/mol. The molecule has 0 aliphatic carbocycles. The Bertz CT molecular complexity index is 737. The summed E-state index contributed by atoms with van der Waals surface area (Å²) in [4.78, 5) is 14.0. The quantitative estimate of drug-likeness (QED) is 0.860. The summed E-state index contributed by atoms with van der Waals surface area (Å²) < 4.78 is 18.6. The third-order valence-electron chi connectivity index (χ3n) is 3.62. The molecule has 24 heavy (non-hydrogen) atoms. The Kier molecular flexibility index (Phi) is 6.17. The van der Waals surface area contributed by atoms with E-state index in [1.807, 2.05) is 6.92 Å². The number of halogens is 2. The molecule has 1 N–H and O–H groups in total. The van der Waals surface area contributed by atoms with E-state index in [1.54, 1.807) is 42.3 Å². The second-order valence-corrected chi connectivity index (χ2v) is 6.01. The monoisotopic (exact) mass is 350 g/mol. The van der Waals surface area contributed by atoms with Crippen LogP contribution in [0.2, 0.25) is 5.02 Å². The van der Waals surface area contributed by atoms with Crippen molar-refractivity contribution >= 4 is 23.2 Å². The first-order valence-electron chi connectivity index (χ1n) is 7.46. The molecular weight excluding hydrogens is 331 g/mol. The summed E-state index contributed by atoms with van der Waals surface area (Å²) in [6, 6.07) is 10.1. The lowest BCUT2D eigenvalue weighted by atomic mass is 10.2. The molecule has 2 aromatic rings. The van der Waals surface area contributed by atoms with Gasteiger partial charge in [-0.15, -0.1) is 0 Å². The molecule has 0 fully saturated rings. The van der Waals surface area contributed by atoms with Crippen LogP contribution in [0.3, 0.4) is 0 Å². The zero-order chi connectivity index (χ0) is 17.7. The minimum absolute atomic E-state index is 0.156. The molecule has 0 radical (unpaired) electrons. The number of nitrogens with zero attached hydrogens (tertiary/aromatic N) is 1. The maximum Gasteiger partial charge on any atom is 0.238 e. The third kappa shape index (κ3) is 4.69. The van der Waals surface area contributed by atoms with Gasteiger partial charge in [0, 0.05) is 17.3 Å². The highest BCUT2D eigenvalue weighted by Gasteiger charge is 2.11. The van der Waals surface area contributed by atoms with Crippen molar-refractivity contribution in [3.8, 4) is 5.75 Å². The highest BCUT2D eigenvalue weighted by Crippen LogP contribution is 2.23. The molecule has 1 amide bonds. The van der Waals surface area contributed by atoms with Crippen LogP contribution >= 0.6 is 11.6 Å². The average Bonchev–Trinajstić information content (AvgIpc) is 2.52. The van der Waals surface area contributed by atoms with E-state index in [4.69, 9.17) is 16.3 Å². The minimum atomic E-state index is -0.414. The van der Waals surface area contributed by atoms with E-state index in [0.29, 0.717) is 17.3 Å². The van der Waals surface area contributed by atoms with Gasteiger partial charge in [-0.05, 0) is 49.4 Å². The second kappa shape index (κ2) is 8.13. The van der Waals surface area contributed by atoms with Crippen LogP contribution in [0.5, 0.6) is 5.75 Å². The molecule has 0 saturated carbocycles. The fraction of sp³-hybridized carbons (Fsp3) is 0.278. The summed E-state index contributed by atoms with van der Waals surface area (Å²) in [5.74, 6) is -0.366. The van der Waals surface area contributed by atoms with Crippen molar-refractivity contribution in [3.05, 3.63) is 58.4 Å². The fourth-order valence-corrected chi connectivity index (χ4v) is 2.53. The van der Waals surface area contributed by atoms with Gasteiger partial charge in [0.05, 0.1) is 13.7 Å². The molecule has 0 saturated heterocycles. The molecular formula is C18H20ClFN2O2. The number of hydrogen-bond acceptors (Lipinski definition) is 3. The predicted octanol–water partition coefficient (Wildman–Crippen LogP) is 3.87. The third-order valence-corrected chi connectivity index (χ3v) is 4.03. The second-order valence-electron chi connectivity index (χ2n) is 5.60. The Morgan fingerprint density at radius 3 is 2.75 bits per heavy atom. The van der Waals surface area contributed by atoms with Gasteiger partial charge in [-0.3, -0.25) is 9.69 Å². The van der Waals surface area contributed by atoms with Gasteiger partial charge in [0.25, 0.3) is 0 Å². The van der Waals surface area contributed by atoms with Crippen LogP contribution in [0.15, 0.2) is 36.4 Å². The van der Waals surface area contributed by atoms with E-state index in [0.717, 1.165) is 11.1 Å². The number of hydrogen-bond donors (Lipinski definition) is 1. The van der Waals surface area contributed by atoms with Gasteiger partial charge in [0.1, 0.15) is 0 Å². The number of carbonyl (C=O) groups is 1. The van der Waals surface area contributed by atoms with Gasteiger partial charge >= 0.3 is 0 Å². The Hall–Kier alpha value is -2.11. The molecule has 0 aliphatic rings. The molecule has 2 aromatic carbocycles. The molecule has 0 unspecified atom stereocenters. The van der Waals surface area contributed by atoms with Crippen molar-refractivity contribution in [3.63, 3.8) is 0 Å². The summed E-state index contributed by atoms with van der Waals surface area (Å²) in [6.07, 6.45) is 0. The Balaban J connectivity index is 1.94. The summed E-state index contributed by atoms with van der Waals surface area (Å²) in [6.45, 7) is 2.48. The number of anilines is 1. The minimum Gasteiger partial charge on any atom is -0.494 e. The van der Waals surface area contributed by atoms with Crippen LogP contribution in [-0.4, -0.2) is 31.5 Å². The lowest BCUT2D eigenvalue weighted by molar-refractivity contribution is -0.117. The number of rotatable bonds is 6. The first kappa shape index (κ1) is 18.2. The normalized spacial score (nSPS) is 10.8. The highest BCUT2D eigenvalue weighted by molar-refractivity contribution is 6.31. The molecule has 0 heterocycles. The summed E-state index contributed by atoms with van der Waals surface area (Å²) >= 11 is 6.04. The van der Waals surface area contributed by atoms with Gasteiger partial charge in [0.2, 0.25) is 5.91 Å². The first-order valence-corrected chi connectivity index (χ1v) is 7.84. The van der Waals surface area contributed by atoms with Crippen molar-refractivity contribution in [1.82, 2.24) is 4.90 Å². The number of nitrogens with one attached hydrogen (secondary N) is 1. The Morgan fingerprint density at radius 2 is 2.08 bits per heavy atom. The van der Waals surface area contributed by atoms with Crippen molar-refractivity contribution in [1.29, 1.82) is 0 Å². The highest BCUT2D eigenvalue weighted by atomic mass is 35.5. The van der Waals surface area contributed by atoms with E-state index < -0.39 is 5.82 Å². The molecule has 0 bridgehead atoms. The van der Waals surface area contributed by atoms with E-state index in [1.165, 1.54) is 13.2 Å². The number of amides is 1. The summed E-state index contributed by atoms with van der Waals surface area (Å²) in [7, 11) is 3.22. The molecule has 2 rings (SSSR count). The summed E-state index contributed by atoms with van der Waals surface area (Å²) in [5.41, 5.74) is 2.28. The zero-order valence-electron chi connectivity index (χ0n) is 13.9. The number of methoxy groups -OCH3 is 1. The average molecular weight is 351 g/mol. The van der Waals surface area contributed by atoms with Gasteiger partial charge in [-0.2, -0.15) is 0 Å². The van der Waals surface area contributed by atoms with Crippen molar-refractivity contribution in [2.24, 2.45) is 0 Å². The van der Waals surface area contributed by atoms with E-state index in [2.05, 4.69) is 5.32 Å². The Morgan fingerprint density at radius 1 is 1.33 bits per heavy atom. The molecule has 0 aromatic heterocycles.